The van der Waals surface area contributed by atoms with Crippen molar-refractivity contribution in [3.05, 3.63) is 0 Å². The van der Waals surface area contributed by atoms with Crippen molar-refractivity contribution in [3.8, 4) is 0 Å². The van der Waals surface area contributed by atoms with E-state index in [2.05, 4.69) is 0 Å². The molecular weight excluding hydrogens is 225 g/mol. The van der Waals surface area contributed by atoms with Gasteiger partial charge in [0.25, 0.3) is 0 Å². The molecule has 1 heterocycles. The van der Waals surface area contributed by atoms with Crippen LogP contribution in [0, 0.1) is 5.41 Å². The molecule has 0 spiro atoms. The van der Waals surface area contributed by atoms with Gasteiger partial charge >= 0.3 is 0 Å². The molecule has 0 N–H and O–H groups in total. The fourth-order valence-corrected chi connectivity index (χ4v) is 2.44. The van der Waals surface area contributed by atoms with Crippen LogP contribution in [0.5, 0.6) is 0 Å². The Morgan fingerprint density at radius 3 is 2.29 bits per heavy atom. The molecule has 1 amide bonds. The number of hydrogen-bond acceptors (Lipinski definition) is 2. The Morgan fingerprint density at radius 2 is 1.86 bits per heavy atom. The van der Waals surface area contributed by atoms with E-state index >= 15 is 0 Å². The molecular formula is C9H13Cl2NO2. The van der Waals surface area contributed by atoms with E-state index in [9.17, 15) is 4.79 Å². The van der Waals surface area contributed by atoms with Crippen molar-refractivity contribution in [2.45, 2.75) is 17.7 Å². The van der Waals surface area contributed by atoms with Gasteiger partial charge in [-0.3, -0.25) is 4.79 Å². The molecule has 0 aromatic heterocycles. The summed E-state index contributed by atoms with van der Waals surface area (Å²) in [5.41, 5.74) is -0.576. The SMILES string of the molecule is C[C@]1(C(=O)N2CCOCC2)CC1(Cl)Cl. The fourth-order valence-electron chi connectivity index (χ4n) is 1.75. The number of carbonyl (C=O) groups excluding carboxylic acids is 1. The van der Waals surface area contributed by atoms with E-state index < -0.39 is 9.75 Å². The Morgan fingerprint density at radius 1 is 1.36 bits per heavy atom. The third kappa shape index (κ3) is 1.51. The molecule has 2 rings (SSSR count). The predicted molar refractivity (Wildman–Crippen MR) is 54.6 cm³/mol. The number of nitrogens with zero attached hydrogens (tertiary/aromatic N) is 1. The van der Waals surface area contributed by atoms with Gasteiger partial charge < -0.3 is 9.64 Å². The molecule has 3 nitrogen and oxygen atoms in total. The van der Waals surface area contributed by atoms with E-state index in [1.165, 1.54) is 0 Å². The molecule has 1 aliphatic heterocycles. The van der Waals surface area contributed by atoms with E-state index in [1.54, 1.807) is 4.90 Å². The number of morpholine rings is 1. The van der Waals surface area contributed by atoms with Gasteiger partial charge in [-0.05, 0) is 13.3 Å². The lowest BCUT2D eigenvalue weighted by Gasteiger charge is -2.29. The summed E-state index contributed by atoms with van der Waals surface area (Å²) in [4.78, 5) is 13.8. The maximum Gasteiger partial charge on any atom is 0.231 e. The third-order valence-corrected chi connectivity index (χ3v) is 4.13. The topological polar surface area (TPSA) is 29.5 Å². The van der Waals surface area contributed by atoms with Crippen LogP contribution in [-0.4, -0.2) is 41.4 Å². The molecule has 1 atom stereocenters. The van der Waals surface area contributed by atoms with Crippen LogP contribution in [0.25, 0.3) is 0 Å². The summed E-state index contributed by atoms with van der Waals surface area (Å²) in [6.45, 7) is 4.35. The molecule has 2 aliphatic rings. The first-order valence-electron chi connectivity index (χ1n) is 4.72. The number of alkyl halides is 2. The minimum absolute atomic E-state index is 0.0609. The molecule has 14 heavy (non-hydrogen) atoms. The van der Waals surface area contributed by atoms with Gasteiger partial charge in [0.15, 0.2) is 0 Å². The van der Waals surface area contributed by atoms with Crippen LogP contribution in [0.4, 0.5) is 0 Å². The lowest BCUT2D eigenvalue weighted by Crippen LogP contribution is -2.45. The zero-order valence-corrected chi connectivity index (χ0v) is 9.57. The van der Waals surface area contributed by atoms with Gasteiger partial charge in [-0.25, -0.2) is 0 Å². The average Bonchev–Trinajstić information content (AvgIpc) is 2.68. The van der Waals surface area contributed by atoms with Gasteiger partial charge in [-0.2, -0.15) is 0 Å². The Bertz CT molecular complexity index is 264. The monoisotopic (exact) mass is 237 g/mol. The van der Waals surface area contributed by atoms with E-state index in [4.69, 9.17) is 27.9 Å². The molecule has 1 saturated heterocycles. The van der Waals surface area contributed by atoms with Crippen LogP contribution in [0.2, 0.25) is 0 Å². The van der Waals surface area contributed by atoms with E-state index in [0.717, 1.165) is 0 Å². The summed E-state index contributed by atoms with van der Waals surface area (Å²) in [6.07, 6.45) is 0.555. The fraction of sp³-hybridized carbons (Fsp3) is 0.889. The minimum Gasteiger partial charge on any atom is -0.378 e. The summed E-state index contributed by atoms with van der Waals surface area (Å²) >= 11 is 11.9. The second kappa shape index (κ2) is 3.26. The van der Waals surface area contributed by atoms with Crippen molar-refractivity contribution >= 4 is 29.1 Å². The van der Waals surface area contributed by atoms with Gasteiger partial charge in [-0.1, -0.05) is 0 Å². The molecule has 0 aromatic rings. The van der Waals surface area contributed by atoms with E-state index in [1.807, 2.05) is 6.92 Å². The zero-order valence-electron chi connectivity index (χ0n) is 8.06. The Labute approximate surface area is 93.3 Å². The van der Waals surface area contributed by atoms with Crippen LogP contribution >= 0.6 is 23.2 Å². The van der Waals surface area contributed by atoms with Crippen molar-refractivity contribution < 1.29 is 9.53 Å². The van der Waals surface area contributed by atoms with Crippen molar-refractivity contribution in [3.63, 3.8) is 0 Å². The highest BCUT2D eigenvalue weighted by molar-refractivity contribution is 6.53. The standard InChI is InChI=1S/C9H13Cl2NO2/c1-8(6-9(8,10)11)7(13)12-2-4-14-5-3-12/h2-6H2,1H3/t8-/m1/s1. The Kier molecular flexibility index (Phi) is 2.45. The predicted octanol–water partition coefficient (Wildman–Crippen LogP) is 1.43. The average molecular weight is 238 g/mol. The second-order valence-corrected chi connectivity index (χ2v) is 5.60. The normalized spacial score (nSPS) is 35.5. The summed E-state index contributed by atoms with van der Waals surface area (Å²) in [5, 5.41) is 0. The maximum atomic E-state index is 12.0. The number of rotatable bonds is 1. The van der Waals surface area contributed by atoms with Crippen LogP contribution < -0.4 is 0 Å². The van der Waals surface area contributed by atoms with Gasteiger partial charge in [0.05, 0.1) is 18.6 Å². The van der Waals surface area contributed by atoms with Gasteiger partial charge in [0.2, 0.25) is 5.91 Å². The number of amides is 1. The van der Waals surface area contributed by atoms with Gasteiger partial charge in [-0.15, -0.1) is 23.2 Å². The van der Waals surface area contributed by atoms with Crippen molar-refractivity contribution in [2.75, 3.05) is 26.3 Å². The molecule has 1 saturated carbocycles. The first-order valence-corrected chi connectivity index (χ1v) is 5.48. The van der Waals surface area contributed by atoms with Gasteiger partial charge in [0.1, 0.15) is 4.33 Å². The maximum absolute atomic E-state index is 12.0. The smallest absolute Gasteiger partial charge is 0.231 e. The largest absolute Gasteiger partial charge is 0.378 e. The number of ether oxygens (including phenoxy) is 1. The summed E-state index contributed by atoms with van der Waals surface area (Å²) in [6, 6.07) is 0. The molecule has 80 valence electrons. The molecule has 0 unspecified atom stereocenters. The van der Waals surface area contributed by atoms with Crippen molar-refractivity contribution in [1.82, 2.24) is 4.90 Å². The molecule has 2 fully saturated rings. The zero-order chi connectivity index (χ0) is 10.4. The Balaban J connectivity index is 2.02. The van der Waals surface area contributed by atoms with Crippen LogP contribution in [-0.2, 0) is 9.53 Å². The lowest BCUT2D eigenvalue weighted by molar-refractivity contribution is -0.140. The molecule has 0 radical (unpaired) electrons. The Hall–Kier alpha value is 0.01000. The highest BCUT2D eigenvalue weighted by Gasteiger charge is 2.68. The molecule has 0 bridgehead atoms. The highest BCUT2D eigenvalue weighted by Crippen LogP contribution is 2.64. The third-order valence-electron chi connectivity index (χ3n) is 3.03. The number of halogens is 2. The van der Waals surface area contributed by atoms with E-state index in [-0.39, 0.29) is 5.91 Å². The molecule has 5 heteroatoms. The summed E-state index contributed by atoms with van der Waals surface area (Å²) < 4.78 is 4.32. The van der Waals surface area contributed by atoms with Crippen LogP contribution in [0.3, 0.4) is 0 Å². The first kappa shape index (κ1) is 10.5. The number of carbonyl (C=O) groups is 1. The summed E-state index contributed by atoms with van der Waals surface area (Å²) in [7, 11) is 0. The lowest BCUT2D eigenvalue weighted by atomic mass is 10.1. The van der Waals surface area contributed by atoms with Gasteiger partial charge in [0, 0.05) is 13.1 Å². The number of hydrogen-bond donors (Lipinski definition) is 0. The quantitative estimate of drug-likeness (QED) is 0.647. The van der Waals surface area contributed by atoms with Crippen LogP contribution in [0.15, 0.2) is 0 Å². The van der Waals surface area contributed by atoms with Crippen molar-refractivity contribution in [2.24, 2.45) is 5.41 Å². The summed E-state index contributed by atoms with van der Waals surface area (Å²) in [5.74, 6) is 0.0609. The molecule has 1 aliphatic carbocycles. The first-order chi connectivity index (χ1) is 6.47. The van der Waals surface area contributed by atoms with E-state index in [0.29, 0.717) is 32.7 Å². The minimum atomic E-state index is -0.859. The van der Waals surface area contributed by atoms with Crippen LogP contribution in [0.1, 0.15) is 13.3 Å². The second-order valence-electron chi connectivity index (χ2n) is 4.12. The van der Waals surface area contributed by atoms with Crippen molar-refractivity contribution in [1.29, 1.82) is 0 Å². The highest BCUT2D eigenvalue weighted by atomic mass is 35.5. The molecule has 0 aromatic carbocycles.